The van der Waals surface area contributed by atoms with Crippen LogP contribution in [0.3, 0.4) is 0 Å². The molecule has 2 aromatic carbocycles. The number of amides is 2. The summed E-state index contributed by atoms with van der Waals surface area (Å²) in [5.74, 6) is 0. The van der Waals surface area contributed by atoms with Gasteiger partial charge < -0.3 is 27.1 Å². The van der Waals surface area contributed by atoms with Crippen molar-refractivity contribution in [3.63, 3.8) is 0 Å². The van der Waals surface area contributed by atoms with Crippen molar-refractivity contribution < 1.29 is 18.0 Å². The number of urea groups is 1. The average molecular weight is 523 g/mol. The summed E-state index contributed by atoms with van der Waals surface area (Å²) < 4.78 is 38.6. The Balaban J connectivity index is 1.53. The maximum atomic E-state index is 12.3. The van der Waals surface area contributed by atoms with Gasteiger partial charge in [0.15, 0.2) is 5.65 Å². The van der Waals surface area contributed by atoms with E-state index in [1.165, 1.54) is 6.21 Å². The molecule has 4 rings (SSSR count). The maximum absolute atomic E-state index is 12.3. The zero-order valence-corrected chi connectivity index (χ0v) is 20.0. The molecule has 0 aliphatic rings. The van der Waals surface area contributed by atoms with Crippen LogP contribution in [-0.2, 0) is 0 Å². The molecule has 0 aliphatic heterocycles. The first-order valence-corrected chi connectivity index (χ1v) is 11.6. The van der Waals surface area contributed by atoms with Crippen LogP contribution in [-0.4, -0.2) is 46.1 Å². The van der Waals surface area contributed by atoms with Crippen molar-refractivity contribution in [2.75, 3.05) is 18.4 Å². The second-order valence-corrected chi connectivity index (χ2v) is 8.27. The number of nitrogens with two attached hydrogens (primary N) is 1. The fraction of sp³-hybridized carbons (Fsp3) is 0.154. The van der Waals surface area contributed by atoms with Crippen LogP contribution in [0, 0.1) is 5.41 Å². The van der Waals surface area contributed by atoms with E-state index in [2.05, 4.69) is 20.7 Å². The third-order valence-electron chi connectivity index (χ3n) is 5.59. The molecule has 2 amide bonds. The van der Waals surface area contributed by atoms with Crippen LogP contribution in [0.4, 0.5) is 23.7 Å². The van der Waals surface area contributed by atoms with Crippen molar-refractivity contribution in [3.05, 3.63) is 90.4 Å². The van der Waals surface area contributed by atoms with Crippen molar-refractivity contribution in [1.29, 1.82) is 5.41 Å². The third-order valence-corrected chi connectivity index (χ3v) is 5.59. The molecule has 0 bridgehead atoms. The summed E-state index contributed by atoms with van der Waals surface area (Å²) in [5, 5.41) is 19.8. The number of halogens is 3. The average Bonchev–Trinajstić information content (AvgIpc) is 3.34. The topological polar surface area (TPSA) is 133 Å². The van der Waals surface area contributed by atoms with E-state index in [0.29, 0.717) is 40.3 Å². The zero-order chi connectivity index (χ0) is 27.1. The molecule has 38 heavy (non-hydrogen) atoms. The molecule has 0 aliphatic carbocycles. The Hall–Kier alpha value is -4.71. The molecule has 4 aromatic rings. The molecule has 2 aromatic heterocycles. The molecule has 0 saturated heterocycles. The summed E-state index contributed by atoms with van der Waals surface area (Å²) in [6.07, 6.45) is 1.62. The van der Waals surface area contributed by atoms with Crippen molar-refractivity contribution in [3.8, 4) is 11.3 Å². The van der Waals surface area contributed by atoms with Crippen molar-refractivity contribution in [2.24, 2.45) is 5.73 Å². The van der Waals surface area contributed by atoms with Gasteiger partial charge in [-0.3, -0.25) is 0 Å². The van der Waals surface area contributed by atoms with E-state index in [0.717, 1.165) is 5.56 Å². The summed E-state index contributed by atoms with van der Waals surface area (Å²) in [6, 6.07) is 17.0. The molecule has 2 heterocycles. The van der Waals surface area contributed by atoms with Crippen molar-refractivity contribution in [2.45, 2.75) is 12.2 Å². The van der Waals surface area contributed by atoms with Gasteiger partial charge in [0.25, 0.3) is 0 Å². The van der Waals surface area contributed by atoms with Crippen LogP contribution in [0.5, 0.6) is 0 Å². The highest BCUT2D eigenvalue weighted by molar-refractivity contribution is 6.08. The molecule has 0 fully saturated rings. The predicted octanol–water partition coefficient (Wildman–Crippen LogP) is 4.36. The van der Waals surface area contributed by atoms with Crippen LogP contribution < -0.4 is 21.7 Å². The molecule has 1 unspecified atom stereocenters. The van der Waals surface area contributed by atoms with Gasteiger partial charge in [-0.1, -0.05) is 42.5 Å². The van der Waals surface area contributed by atoms with Gasteiger partial charge in [-0.05, 0) is 23.8 Å². The minimum absolute atomic E-state index is 0.128. The number of alkyl halides is 3. The van der Waals surface area contributed by atoms with E-state index in [4.69, 9.17) is 11.1 Å². The number of nitrogens with zero attached hydrogens (tertiary/aromatic N) is 3. The van der Waals surface area contributed by atoms with Crippen LogP contribution in [0.25, 0.3) is 22.5 Å². The highest BCUT2D eigenvalue weighted by Crippen LogP contribution is 2.24. The molecule has 9 nitrogen and oxygen atoms in total. The Kier molecular flexibility index (Phi) is 8.02. The number of hydrogen-bond donors (Lipinski definition) is 5. The number of anilines is 1. The fourth-order valence-corrected chi connectivity index (χ4v) is 3.73. The number of carbonyl (C=O) groups excluding carboxylic acids is 1. The van der Waals surface area contributed by atoms with Crippen molar-refractivity contribution >= 4 is 29.2 Å². The van der Waals surface area contributed by atoms with Gasteiger partial charge in [0.2, 0.25) is 0 Å². The molecule has 0 saturated carbocycles. The molecule has 0 spiro atoms. The summed E-state index contributed by atoms with van der Waals surface area (Å²) >= 11 is 0. The van der Waals surface area contributed by atoms with Gasteiger partial charge >= 0.3 is 12.2 Å². The summed E-state index contributed by atoms with van der Waals surface area (Å²) in [5.41, 5.74) is 10.3. The molecule has 12 heteroatoms. The zero-order valence-electron chi connectivity index (χ0n) is 20.0. The number of carbonyl (C=O) groups is 1. The minimum Gasteiger partial charge on any atom is -0.382 e. The fourth-order valence-electron chi connectivity index (χ4n) is 3.73. The first-order chi connectivity index (χ1) is 18.3. The van der Waals surface area contributed by atoms with E-state index in [1.807, 2.05) is 30.3 Å². The van der Waals surface area contributed by atoms with Gasteiger partial charge in [0, 0.05) is 41.3 Å². The highest BCUT2D eigenvalue weighted by Gasteiger charge is 2.27. The number of fused-ring (bicyclic) bond motifs is 1. The number of nitrogens with one attached hydrogen (secondary N) is 4. The maximum Gasteiger partial charge on any atom is 0.405 e. The molecule has 196 valence electrons. The lowest BCUT2D eigenvalue weighted by molar-refractivity contribution is -0.122. The second kappa shape index (κ2) is 11.6. The number of rotatable bonds is 9. The van der Waals surface area contributed by atoms with Crippen molar-refractivity contribution in [1.82, 2.24) is 25.2 Å². The number of benzene rings is 2. The number of allylic oxidation sites excluding steroid dienone is 1. The first kappa shape index (κ1) is 26.4. The van der Waals surface area contributed by atoms with Crippen LogP contribution in [0.2, 0.25) is 0 Å². The highest BCUT2D eigenvalue weighted by atomic mass is 19.4. The lowest BCUT2D eigenvalue weighted by Gasteiger charge is -2.16. The second-order valence-electron chi connectivity index (χ2n) is 8.27. The first-order valence-electron chi connectivity index (χ1n) is 11.6. The Labute approximate surface area is 216 Å². The number of aromatic nitrogens is 3. The van der Waals surface area contributed by atoms with Crippen LogP contribution >= 0.6 is 0 Å². The smallest absolute Gasteiger partial charge is 0.382 e. The molecular formula is C26H25F3N8O. The van der Waals surface area contributed by atoms with Gasteiger partial charge in [-0.2, -0.15) is 18.3 Å². The normalized spacial score (nSPS) is 12.7. The van der Waals surface area contributed by atoms with E-state index in [1.54, 1.807) is 58.8 Å². The molecule has 1 atom stereocenters. The molecule has 0 radical (unpaired) electrons. The van der Waals surface area contributed by atoms with E-state index in [9.17, 15) is 18.0 Å². The summed E-state index contributed by atoms with van der Waals surface area (Å²) in [6.45, 7) is -1.07. The standard InChI is InChI=1S/C26H25F3N8O/c27-26(28,29)16-34-25(38)36-21-8-4-7-18(9-21)23-15-33-24-10-19(14-35-37(23)24)20(11-30)13-32-22(12-31)17-5-2-1-3-6-17/h1-11,13-15,22,30,32H,12,16,31H2,(H2,34,36,38)/b20-13+,30-11?. The van der Waals surface area contributed by atoms with E-state index < -0.39 is 18.8 Å². The Morgan fingerprint density at radius 2 is 1.89 bits per heavy atom. The monoisotopic (exact) mass is 522 g/mol. The lowest BCUT2D eigenvalue weighted by atomic mass is 10.1. The van der Waals surface area contributed by atoms with E-state index in [-0.39, 0.29) is 6.04 Å². The van der Waals surface area contributed by atoms with Gasteiger partial charge in [0.05, 0.1) is 24.1 Å². The summed E-state index contributed by atoms with van der Waals surface area (Å²) in [7, 11) is 0. The number of imidazole rings is 1. The van der Waals surface area contributed by atoms with Crippen LogP contribution in [0.1, 0.15) is 17.2 Å². The Morgan fingerprint density at radius 3 is 2.61 bits per heavy atom. The largest absolute Gasteiger partial charge is 0.405 e. The molecular weight excluding hydrogens is 497 g/mol. The van der Waals surface area contributed by atoms with Gasteiger partial charge in [0.1, 0.15) is 6.54 Å². The Bertz CT molecular complexity index is 1450. The quantitative estimate of drug-likeness (QED) is 0.208. The summed E-state index contributed by atoms with van der Waals surface area (Å²) in [4.78, 5) is 16.2. The number of hydrogen-bond acceptors (Lipinski definition) is 6. The predicted molar refractivity (Wildman–Crippen MR) is 140 cm³/mol. The van der Waals surface area contributed by atoms with E-state index >= 15 is 0 Å². The Morgan fingerprint density at radius 1 is 1.11 bits per heavy atom. The minimum atomic E-state index is -4.50. The van der Waals surface area contributed by atoms with Gasteiger partial charge in [-0.15, -0.1) is 0 Å². The SMILES string of the molecule is N=C/C(=C\NC(CN)c1ccccc1)c1cnn2c(-c3cccc(NC(=O)NCC(F)(F)F)c3)cnc2c1. The lowest BCUT2D eigenvalue weighted by Crippen LogP contribution is -2.36. The van der Waals surface area contributed by atoms with Gasteiger partial charge in [-0.25, -0.2) is 14.3 Å². The molecule has 6 N–H and O–H groups in total. The third kappa shape index (κ3) is 6.53. The van der Waals surface area contributed by atoms with Crippen LogP contribution in [0.15, 0.2) is 79.3 Å².